The molecule has 26 heavy (non-hydrogen) atoms. The highest BCUT2D eigenvalue weighted by Gasteiger charge is 2.23. The Bertz CT molecular complexity index is 737. The van der Waals surface area contributed by atoms with Crippen LogP contribution in [0.3, 0.4) is 0 Å². The number of amides is 1. The van der Waals surface area contributed by atoms with E-state index in [4.69, 9.17) is 5.11 Å². The van der Waals surface area contributed by atoms with E-state index in [-0.39, 0.29) is 12.5 Å². The fraction of sp³-hybridized carbons (Fsp3) is 0.300. The highest BCUT2D eigenvalue weighted by Crippen LogP contribution is 2.33. The van der Waals surface area contributed by atoms with E-state index in [0.29, 0.717) is 6.54 Å². The summed E-state index contributed by atoms with van der Waals surface area (Å²) in [6, 6.07) is 17.0. The smallest absolute Gasteiger partial charge is 0.317 e. The maximum atomic E-state index is 12.7. The molecule has 5 nitrogen and oxygen atoms in total. The third kappa shape index (κ3) is 5.89. The highest BCUT2D eigenvalue weighted by molar-refractivity contribution is 7.99. The van der Waals surface area contributed by atoms with E-state index in [1.54, 1.807) is 23.6 Å². The average molecular weight is 372 g/mol. The first-order chi connectivity index (χ1) is 12.5. The number of carbonyl (C=O) groups is 2. The molecule has 2 aromatic rings. The molecule has 2 rings (SSSR count). The number of hydrogen-bond donors (Lipinski definition) is 2. The van der Waals surface area contributed by atoms with Gasteiger partial charge >= 0.3 is 5.97 Å². The van der Waals surface area contributed by atoms with Crippen molar-refractivity contribution in [2.75, 3.05) is 18.4 Å². The molecule has 1 amide bonds. The number of anilines is 1. The SMILES string of the molecule is CCCN(CC(=O)O)C(C)C(=O)Nc1ccccc1Sc1ccccc1. The van der Waals surface area contributed by atoms with Gasteiger partial charge in [0, 0.05) is 9.79 Å². The van der Waals surface area contributed by atoms with Gasteiger partial charge in [0.15, 0.2) is 0 Å². The Kier molecular flexibility index (Phi) is 7.69. The standard InChI is InChI=1S/C20H24N2O3S/c1-3-13-22(14-19(23)24)15(2)20(25)21-17-11-7-8-12-18(17)26-16-9-5-4-6-10-16/h4-12,15H,3,13-14H2,1-2H3,(H,21,25)(H,23,24). The van der Waals surface area contributed by atoms with Gasteiger partial charge in [-0.1, -0.05) is 49.0 Å². The van der Waals surface area contributed by atoms with Gasteiger partial charge in [-0.15, -0.1) is 0 Å². The Morgan fingerprint density at radius 1 is 1.12 bits per heavy atom. The molecule has 0 bridgehead atoms. The molecule has 6 heteroatoms. The summed E-state index contributed by atoms with van der Waals surface area (Å²) in [6.45, 7) is 4.11. The number of carbonyl (C=O) groups excluding carboxylic acids is 1. The highest BCUT2D eigenvalue weighted by atomic mass is 32.2. The first-order valence-corrected chi connectivity index (χ1v) is 9.41. The van der Waals surface area contributed by atoms with E-state index in [1.165, 1.54) is 0 Å². The van der Waals surface area contributed by atoms with Gasteiger partial charge < -0.3 is 10.4 Å². The van der Waals surface area contributed by atoms with Crippen LogP contribution in [0, 0.1) is 0 Å². The Morgan fingerprint density at radius 2 is 1.77 bits per heavy atom. The van der Waals surface area contributed by atoms with E-state index in [9.17, 15) is 9.59 Å². The summed E-state index contributed by atoms with van der Waals surface area (Å²) in [7, 11) is 0. The zero-order valence-electron chi connectivity index (χ0n) is 15.0. The average Bonchev–Trinajstić information content (AvgIpc) is 2.63. The van der Waals surface area contributed by atoms with Crippen LogP contribution in [0.2, 0.25) is 0 Å². The van der Waals surface area contributed by atoms with Gasteiger partial charge in [-0.05, 0) is 44.2 Å². The molecule has 0 fully saturated rings. The van der Waals surface area contributed by atoms with Crippen LogP contribution in [0.15, 0.2) is 64.4 Å². The van der Waals surface area contributed by atoms with Crippen molar-refractivity contribution < 1.29 is 14.7 Å². The zero-order valence-corrected chi connectivity index (χ0v) is 15.8. The number of benzene rings is 2. The van der Waals surface area contributed by atoms with Crippen LogP contribution >= 0.6 is 11.8 Å². The molecule has 0 aliphatic carbocycles. The molecule has 0 heterocycles. The molecule has 0 spiro atoms. The lowest BCUT2D eigenvalue weighted by Gasteiger charge is -2.26. The zero-order chi connectivity index (χ0) is 18.9. The maximum Gasteiger partial charge on any atom is 0.317 e. The maximum absolute atomic E-state index is 12.7. The number of aliphatic carboxylic acids is 1. The first-order valence-electron chi connectivity index (χ1n) is 8.60. The molecular weight excluding hydrogens is 348 g/mol. The van der Waals surface area contributed by atoms with E-state index in [1.807, 2.05) is 61.5 Å². The Labute approximate surface area is 158 Å². The first kappa shape index (κ1) is 20.0. The van der Waals surface area contributed by atoms with Gasteiger partial charge in [0.25, 0.3) is 0 Å². The van der Waals surface area contributed by atoms with Crippen LogP contribution in [0.1, 0.15) is 20.3 Å². The molecule has 1 unspecified atom stereocenters. The van der Waals surface area contributed by atoms with E-state index >= 15 is 0 Å². The largest absolute Gasteiger partial charge is 0.480 e. The van der Waals surface area contributed by atoms with Crippen LogP contribution in [0.5, 0.6) is 0 Å². The summed E-state index contributed by atoms with van der Waals surface area (Å²) in [6.07, 6.45) is 0.783. The topological polar surface area (TPSA) is 69.6 Å². The lowest BCUT2D eigenvalue weighted by Crippen LogP contribution is -2.45. The molecule has 0 saturated heterocycles. The third-order valence-corrected chi connectivity index (χ3v) is 4.98. The van der Waals surface area contributed by atoms with Gasteiger partial charge in [0.1, 0.15) is 0 Å². The lowest BCUT2D eigenvalue weighted by atomic mass is 10.2. The molecule has 2 aromatic carbocycles. The van der Waals surface area contributed by atoms with Crippen molar-refractivity contribution in [1.29, 1.82) is 0 Å². The summed E-state index contributed by atoms with van der Waals surface area (Å²) in [5, 5.41) is 12.0. The molecule has 0 saturated carbocycles. The van der Waals surface area contributed by atoms with Crippen LogP contribution in [-0.2, 0) is 9.59 Å². The van der Waals surface area contributed by atoms with Crippen molar-refractivity contribution >= 4 is 29.3 Å². The fourth-order valence-corrected chi connectivity index (χ4v) is 3.47. The van der Waals surface area contributed by atoms with Crippen LogP contribution in [0.25, 0.3) is 0 Å². The van der Waals surface area contributed by atoms with Crippen LogP contribution in [-0.4, -0.2) is 41.0 Å². The van der Waals surface area contributed by atoms with Gasteiger partial charge in [0.2, 0.25) is 5.91 Å². The molecule has 138 valence electrons. The number of rotatable bonds is 9. The Hall–Kier alpha value is -2.31. The van der Waals surface area contributed by atoms with Crippen molar-refractivity contribution in [3.05, 3.63) is 54.6 Å². The second kappa shape index (κ2) is 9.99. The normalized spacial score (nSPS) is 12.0. The van der Waals surface area contributed by atoms with Crippen LogP contribution < -0.4 is 5.32 Å². The van der Waals surface area contributed by atoms with Gasteiger partial charge in [-0.2, -0.15) is 0 Å². The van der Waals surface area contributed by atoms with Crippen molar-refractivity contribution in [3.63, 3.8) is 0 Å². The number of carboxylic acid groups (broad SMARTS) is 1. The summed E-state index contributed by atoms with van der Waals surface area (Å²) in [4.78, 5) is 27.4. The van der Waals surface area contributed by atoms with E-state index < -0.39 is 12.0 Å². The molecule has 2 N–H and O–H groups in total. The van der Waals surface area contributed by atoms with Gasteiger partial charge in [0.05, 0.1) is 18.3 Å². The number of hydrogen-bond acceptors (Lipinski definition) is 4. The van der Waals surface area contributed by atoms with Crippen molar-refractivity contribution in [2.24, 2.45) is 0 Å². The van der Waals surface area contributed by atoms with E-state index in [0.717, 1.165) is 21.9 Å². The lowest BCUT2D eigenvalue weighted by molar-refractivity contribution is -0.139. The third-order valence-electron chi connectivity index (χ3n) is 3.89. The minimum absolute atomic E-state index is 0.150. The predicted molar refractivity (Wildman–Crippen MR) is 105 cm³/mol. The van der Waals surface area contributed by atoms with Gasteiger partial charge in [-0.25, -0.2) is 0 Å². The second-order valence-electron chi connectivity index (χ2n) is 5.94. The predicted octanol–water partition coefficient (Wildman–Crippen LogP) is 3.96. The summed E-state index contributed by atoms with van der Waals surface area (Å²) >= 11 is 1.57. The Balaban J connectivity index is 2.11. The number of para-hydroxylation sites is 1. The molecule has 1 atom stereocenters. The summed E-state index contributed by atoms with van der Waals surface area (Å²) in [5.41, 5.74) is 0.727. The minimum Gasteiger partial charge on any atom is -0.480 e. The molecular formula is C20H24N2O3S. The van der Waals surface area contributed by atoms with Crippen molar-refractivity contribution in [2.45, 2.75) is 36.1 Å². The van der Waals surface area contributed by atoms with Gasteiger partial charge in [-0.3, -0.25) is 14.5 Å². The molecule has 0 aromatic heterocycles. The quantitative estimate of drug-likeness (QED) is 0.697. The van der Waals surface area contributed by atoms with Crippen molar-refractivity contribution in [1.82, 2.24) is 4.90 Å². The fourth-order valence-electron chi connectivity index (χ4n) is 2.55. The summed E-state index contributed by atoms with van der Waals surface area (Å²) < 4.78 is 0. The Morgan fingerprint density at radius 3 is 2.42 bits per heavy atom. The number of nitrogens with zero attached hydrogens (tertiary/aromatic N) is 1. The molecule has 0 aliphatic rings. The monoisotopic (exact) mass is 372 g/mol. The molecule has 0 aliphatic heterocycles. The van der Waals surface area contributed by atoms with E-state index in [2.05, 4.69) is 5.32 Å². The van der Waals surface area contributed by atoms with Crippen molar-refractivity contribution in [3.8, 4) is 0 Å². The minimum atomic E-state index is -0.932. The number of carboxylic acids is 1. The second-order valence-corrected chi connectivity index (χ2v) is 7.06. The summed E-state index contributed by atoms with van der Waals surface area (Å²) in [5.74, 6) is -1.14. The number of nitrogens with one attached hydrogen (secondary N) is 1. The van der Waals surface area contributed by atoms with Crippen LogP contribution in [0.4, 0.5) is 5.69 Å². The molecule has 0 radical (unpaired) electrons.